The molecule has 0 radical (unpaired) electrons. The van der Waals surface area contributed by atoms with E-state index in [1.165, 1.54) is 23.1 Å². The van der Waals surface area contributed by atoms with E-state index in [4.69, 9.17) is 0 Å². The fourth-order valence-electron chi connectivity index (χ4n) is 2.13. The van der Waals surface area contributed by atoms with Crippen LogP contribution < -0.4 is 5.32 Å². The van der Waals surface area contributed by atoms with Crippen molar-refractivity contribution in [2.24, 2.45) is 0 Å². The van der Waals surface area contributed by atoms with Crippen LogP contribution in [0.15, 0.2) is 60.9 Å². The van der Waals surface area contributed by atoms with Crippen molar-refractivity contribution < 1.29 is 9.72 Å². The number of carbonyl (C=O) groups is 1. The SMILES string of the molecule is O=C(Cn1cnc(-c2cccc([N+](=O)[O-])c2)n1)Nc1ccccc1. The second kappa shape index (κ2) is 6.69. The first-order chi connectivity index (χ1) is 11.6. The molecule has 1 amide bonds. The lowest BCUT2D eigenvalue weighted by atomic mass is 10.2. The second-order valence-corrected chi connectivity index (χ2v) is 4.99. The first kappa shape index (κ1) is 15.3. The van der Waals surface area contributed by atoms with E-state index in [1.807, 2.05) is 18.2 Å². The normalized spacial score (nSPS) is 10.3. The highest BCUT2D eigenvalue weighted by atomic mass is 16.6. The number of rotatable bonds is 5. The van der Waals surface area contributed by atoms with Gasteiger partial charge < -0.3 is 5.32 Å². The van der Waals surface area contributed by atoms with Crippen LogP contribution in [0.25, 0.3) is 11.4 Å². The molecule has 24 heavy (non-hydrogen) atoms. The van der Waals surface area contributed by atoms with Gasteiger partial charge >= 0.3 is 0 Å². The van der Waals surface area contributed by atoms with Crippen molar-refractivity contribution in [1.82, 2.24) is 14.8 Å². The van der Waals surface area contributed by atoms with Crippen LogP contribution in [-0.4, -0.2) is 25.6 Å². The Balaban J connectivity index is 1.70. The zero-order valence-corrected chi connectivity index (χ0v) is 12.5. The Kier molecular flexibility index (Phi) is 4.28. The summed E-state index contributed by atoms with van der Waals surface area (Å²) in [6, 6.07) is 15.1. The summed E-state index contributed by atoms with van der Waals surface area (Å²) in [5.74, 6) is 0.0860. The number of non-ortho nitro benzene ring substituents is 1. The fourth-order valence-corrected chi connectivity index (χ4v) is 2.13. The summed E-state index contributed by atoms with van der Waals surface area (Å²) in [6.45, 7) is -0.00315. The van der Waals surface area contributed by atoms with Gasteiger partial charge in [0.1, 0.15) is 12.9 Å². The van der Waals surface area contributed by atoms with Crippen LogP contribution in [0, 0.1) is 10.1 Å². The Bertz CT molecular complexity index is 876. The third kappa shape index (κ3) is 3.61. The van der Waals surface area contributed by atoms with Gasteiger partial charge in [0.2, 0.25) is 5.91 Å². The number of aromatic nitrogens is 3. The maximum atomic E-state index is 12.0. The third-order valence-corrected chi connectivity index (χ3v) is 3.21. The Morgan fingerprint density at radius 2 is 1.96 bits per heavy atom. The van der Waals surface area contributed by atoms with Gasteiger partial charge in [-0.25, -0.2) is 9.67 Å². The molecule has 1 aromatic heterocycles. The molecule has 0 atom stereocenters. The summed E-state index contributed by atoms with van der Waals surface area (Å²) in [4.78, 5) is 26.4. The number of anilines is 1. The molecular weight excluding hydrogens is 310 g/mol. The minimum atomic E-state index is -0.478. The van der Waals surface area contributed by atoms with E-state index in [9.17, 15) is 14.9 Å². The summed E-state index contributed by atoms with van der Waals surface area (Å²) in [7, 11) is 0. The van der Waals surface area contributed by atoms with E-state index in [2.05, 4.69) is 15.4 Å². The highest BCUT2D eigenvalue weighted by molar-refractivity contribution is 5.90. The first-order valence-corrected chi connectivity index (χ1v) is 7.11. The average molecular weight is 323 g/mol. The Morgan fingerprint density at radius 1 is 1.17 bits per heavy atom. The van der Waals surface area contributed by atoms with Gasteiger partial charge in [0, 0.05) is 23.4 Å². The van der Waals surface area contributed by atoms with E-state index in [0.29, 0.717) is 17.1 Å². The number of nitrogens with zero attached hydrogens (tertiary/aromatic N) is 4. The number of nitro benzene ring substituents is 1. The summed E-state index contributed by atoms with van der Waals surface area (Å²) >= 11 is 0. The zero-order valence-electron chi connectivity index (χ0n) is 12.5. The van der Waals surface area contributed by atoms with E-state index >= 15 is 0 Å². The summed E-state index contributed by atoms with van der Waals surface area (Å²) in [5, 5.41) is 17.7. The quantitative estimate of drug-likeness (QED) is 0.574. The van der Waals surface area contributed by atoms with Crippen molar-refractivity contribution in [1.29, 1.82) is 0 Å². The smallest absolute Gasteiger partial charge is 0.270 e. The van der Waals surface area contributed by atoms with E-state index in [-0.39, 0.29) is 18.1 Å². The van der Waals surface area contributed by atoms with Crippen molar-refractivity contribution in [2.75, 3.05) is 5.32 Å². The molecule has 0 aliphatic heterocycles. The number of nitrogens with one attached hydrogen (secondary N) is 1. The zero-order chi connectivity index (χ0) is 16.9. The molecule has 0 bridgehead atoms. The lowest BCUT2D eigenvalue weighted by Gasteiger charge is -2.04. The van der Waals surface area contributed by atoms with Crippen molar-refractivity contribution in [3.8, 4) is 11.4 Å². The molecule has 0 unspecified atom stereocenters. The Labute approximate surface area is 136 Å². The van der Waals surface area contributed by atoms with Crippen LogP contribution >= 0.6 is 0 Å². The molecule has 1 N–H and O–H groups in total. The van der Waals surface area contributed by atoms with Crippen molar-refractivity contribution >= 4 is 17.3 Å². The second-order valence-electron chi connectivity index (χ2n) is 4.99. The fraction of sp³-hybridized carbons (Fsp3) is 0.0625. The molecular formula is C16H13N5O3. The van der Waals surface area contributed by atoms with Gasteiger partial charge in [-0.1, -0.05) is 30.3 Å². The number of hydrogen-bond donors (Lipinski definition) is 1. The van der Waals surface area contributed by atoms with Crippen molar-refractivity contribution in [2.45, 2.75) is 6.54 Å². The van der Waals surface area contributed by atoms with E-state index in [1.54, 1.807) is 24.3 Å². The van der Waals surface area contributed by atoms with Gasteiger partial charge in [-0.05, 0) is 12.1 Å². The van der Waals surface area contributed by atoms with Gasteiger partial charge in [0.05, 0.1) is 4.92 Å². The highest BCUT2D eigenvalue weighted by Gasteiger charge is 2.11. The Hall–Kier alpha value is -3.55. The Morgan fingerprint density at radius 3 is 2.71 bits per heavy atom. The van der Waals surface area contributed by atoms with E-state index in [0.717, 1.165) is 0 Å². The molecule has 3 aromatic rings. The molecule has 0 spiro atoms. The average Bonchev–Trinajstić information content (AvgIpc) is 3.04. The summed E-state index contributed by atoms with van der Waals surface area (Å²) < 4.78 is 1.38. The topological polar surface area (TPSA) is 103 Å². The molecule has 0 fully saturated rings. The predicted octanol–water partition coefficient (Wildman–Crippen LogP) is 2.49. The third-order valence-electron chi connectivity index (χ3n) is 3.21. The molecule has 0 aliphatic rings. The lowest BCUT2D eigenvalue weighted by molar-refractivity contribution is -0.384. The monoisotopic (exact) mass is 323 g/mol. The van der Waals surface area contributed by atoms with Gasteiger partial charge in [0.25, 0.3) is 5.69 Å². The largest absolute Gasteiger partial charge is 0.324 e. The van der Waals surface area contributed by atoms with Crippen LogP contribution in [-0.2, 0) is 11.3 Å². The van der Waals surface area contributed by atoms with Crippen LogP contribution in [0.4, 0.5) is 11.4 Å². The highest BCUT2D eigenvalue weighted by Crippen LogP contribution is 2.20. The van der Waals surface area contributed by atoms with Gasteiger partial charge in [-0.2, -0.15) is 5.10 Å². The molecule has 0 saturated heterocycles. The molecule has 120 valence electrons. The number of carbonyl (C=O) groups excluding carboxylic acids is 1. The maximum absolute atomic E-state index is 12.0. The summed E-state index contributed by atoms with van der Waals surface area (Å²) in [5.41, 5.74) is 1.18. The number of para-hydroxylation sites is 1. The standard InChI is InChI=1S/C16H13N5O3/c22-15(18-13-6-2-1-3-7-13)10-20-11-17-16(19-20)12-5-4-8-14(9-12)21(23)24/h1-9,11H,10H2,(H,18,22). The van der Waals surface area contributed by atoms with Gasteiger partial charge in [-0.3, -0.25) is 14.9 Å². The molecule has 8 nitrogen and oxygen atoms in total. The first-order valence-electron chi connectivity index (χ1n) is 7.11. The molecule has 3 rings (SSSR count). The number of benzene rings is 2. The molecule has 0 saturated carbocycles. The predicted molar refractivity (Wildman–Crippen MR) is 87.2 cm³/mol. The summed E-state index contributed by atoms with van der Waals surface area (Å²) in [6.07, 6.45) is 1.42. The number of hydrogen-bond acceptors (Lipinski definition) is 5. The van der Waals surface area contributed by atoms with Crippen LogP contribution in [0.5, 0.6) is 0 Å². The van der Waals surface area contributed by atoms with Crippen LogP contribution in [0.1, 0.15) is 0 Å². The maximum Gasteiger partial charge on any atom is 0.270 e. The van der Waals surface area contributed by atoms with E-state index < -0.39 is 4.92 Å². The minimum Gasteiger partial charge on any atom is -0.324 e. The number of amides is 1. The van der Waals surface area contributed by atoms with Crippen molar-refractivity contribution in [3.63, 3.8) is 0 Å². The molecule has 0 aliphatic carbocycles. The molecule has 1 heterocycles. The van der Waals surface area contributed by atoms with Crippen LogP contribution in [0.2, 0.25) is 0 Å². The minimum absolute atomic E-state index is 0.00315. The van der Waals surface area contributed by atoms with Crippen LogP contribution in [0.3, 0.4) is 0 Å². The van der Waals surface area contributed by atoms with Crippen molar-refractivity contribution in [3.05, 3.63) is 71.0 Å². The number of nitro groups is 1. The molecule has 2 aromatic carbocycles. The molecule has 8 heteroatoms. The lowest BCUT2D eigenvalue weighted by Crippen LogP contribution is -2.19. The van der Waals surface area contributed by atoms with Gasteiger partial charge in [-0.15, -0.1) is 0 Å². The van der Waals surface area contributed by atoms with Gasteiger partial charge in [0.15, 0.2) is 5.82 Å².